The zero-order chi connectivity index (χ0) is 22.8. The quantitative estimate of drug-likeness (QED) is 0.289. The van der Waals surface area contributed by atoms with Crippen LogP contribution in [0.5, 0.6) is 11.5 Å². The molecule has 0 saturated heterocycles. The second-order valence-corrected chi connectivity index (χ2v) is 7.50. The maximum Gasteiger partial charge on any atom is 0.191 e. The fourth-order valence-corrected chi connectivity index (χ4v) is 3.00. The van der Waals surface area contributed by atoms with Crippen LogP contribution in [0.3, 0.4) is 0 Å². The molecule has 8 heteroatoms. The normalized spacial score (nSPS) is 11.3. The van der Waals surface area contributed by atoms with E-state index in [1.807, 2.05) is 54.9 Å². The molecule has 2 aromatic carbocycles. The smallest absolute Gasteiger partial charge is 0.191 e. The van der Waals surface area contributed by atoms with Gasteiger partial charge in [0.2, 0.25) is 0 Å². The first-order chi connectivity index (χ1) is 15.5. The second kappa shape index (κ2) is 11.7. The fraction of sp³-hybridized carbons (Fsp3) is 0.375. The standard InChI is InChI=1S/C24H32N6O2/c1-18-5-9-22(10-6-18)32-16-15-26-24(27-17-23-29-28-19(2)30(23)3)25-14-13-20-7-11-21(31-4)12-8-20/h5-12H,13-17H2,1-4H3,(H2,25,26,27). The molecule has 2 N–H and O–H groups in total. The Bertz CT molecular complexity index is 996. The molecule has 170 valence electrons. The summed E-state index contributed by atoms with van der Waals surface area (Å²) in [6.07, 6.45) is 0.869. The largest absolute Gasteiger partial charge is 0.497 e. The Morgan fingerprint density at radius 1 is 0.938 bits per heavy atom. The van der Waals surface area contributed by atoms with Crippen molar-refractivity contribution in [2.75, 3.05) is 26.8 Å². The van der Waals surface area contributed by atoms with E-state index in [2.05, 4.69) is 44.9 Å². The summed E-state index contributed by atoms with van der Waals surface area (Å²) in [5.74, 6) is 4.11. The third kappa shape index (κ3) is 7.01. The molecule has 0 radical (unpaired) electrons. The summed E-state index contributed by atoms with van der Waals surface area (Å²) < 4.78 is 13.0. The van der Waals surface area contributed by atoms with Crippen LogP contribution in [0.2, 0.25) is 0 Å². The highest BCUT2D eigenvalue weighted by Crippen LogP contribution is 2.12. The molecule has 0 unspecified atom stereocenters. The lowest BCUT2D eigenvalue weighted by Crippen LogP contribution is -2.40. The number of aliphatic imine (C=N–C) groups is 1. The Labute approximate surface area is 189 Å². The maximum atomic E-state index is 5.81. The van der Waals surface area contributed by atoms with Gasteiger partial charge in [-0.15, -0.1) is 10.2 Å². The van der Waals surface area contributed by atoms with Gasteiger partial charge in [-0.25, -0.2) is 4.99 Å². The maximum absolute atomic E-state index is 5.81. The lowest BCUT2D eigenvalue weighted by molar-refractivity contribution is 0.322. The van der Waals surface area contributed by atoms with Crippen molar-refractivity contribution in [2.24, 2.45) is 12.0 Å². The van der Waals surface area contributed by atoms with Gasteiger partial charge in [0, 0.05) is 13.6 Å². The highest BCUT2D eigenvalue weighted by Gasteiger charge is 2.06. The number of hydrogen-bond donors (Lipinski definition) is 2. The molecule has 0 aliphatic rings. The fourth-order valence-electron chi connectivity index (χ4n) is 3.00. The number of aryl methyl sites for hydroxylation is 2. The molecule has 0 fully saturated rings. The first-order valence-electron chi connectivity index (χ1n) is 10.7. The Hall–Kier alpha value is -3.55. The van der Waals surface area contributed by atoms with Gasteiger partial charge in [0.05, 0.1) is 13.7 Å². The van der Waals surface area contributed by atoms with Gasteiger partial charge in [0.25, 0.3) is 0 Å². The van der Waals surface area contributed by atoms with Crippen molar-refractivity contribution in [3.8, 4) is 11.5 Å². The van der Waals surface area contributed by atoms with Crippen LogP contribution in [-0.2, 0) is 20.0 Å². The average Bonchev–Trinajstić information content (AvgIpc) is 3.13. The van der Waals surface area contributed by atoms with Gasteiger partial charge in [0.15, 0.2) is 11.8 Å². The molecular weight excluding hydrogens is 404 g/mol. The van der Waals surface area contributed by atoms with Crippen molar-refractivity contribution in [2.45, 2.75) is 26.8 Å². The van der Waals surface area contributed by atoms with E-state index in [0.29, 0.717) is 25.7 Å². The second-order valence-electron chi connectivity index (χ2n) is 7.50. The Balaban J connectivity index is 1.53. The highest BCUT2D eigenvalue weighted by molar-refractivity contribution is 5.79. The van der Waals surface area contributed by atoms with E-state index in [1.165, 1.54) is 11.1 Å². The topological polar surface area (TPSA) is 85.6 Å². The SMILES string of the molecule is COc1ccc(CCNC(=NCc2nnc(C)n2C)NCCOc2ccc(C)cc2)cc1. The molecule has 32 heavy (non-hydrogen) atoms. The van der Waals surface area contributed by atoms with Crippen molar-refractivity contribution in [1.82, 2.24) is 25.4 Å². The van der Waals surface area contributed by atoms with Crippen LogP contribution in [0.25, 0.3) is 0 Å². The Morgan fingerprint density at radius 2 is 1.62 bits per heavy atom. The van der Waals surface area contributed by atoms with E-state index < -0.39 is 0 Å². The zero-order valence-corrected chi connectivity index (χ0v) is 19.3. The molecule has 0 bridgehead atoms. The van der Waals surface area contributed by atoms with Gasteiger partial charge in [0.1, 0.15) is 30.5 Å². The van der Waals surface area contributed by atoms with Crippen LogP contribution >= 0.6 is 0 Å². The van der Waals surface area contributed by atoms with Crippen molar-refractivity contribution >= 4 is 5.96 Å². The van der Waals surface area contributed by atoms with Crippen LogP contribution < -0.4 is 20.1 Å². The third-order valence-electron chi connectivity index (χ3n) is 5.11. The van der Waals surface area contributed by atoms with Crippen molar-refractivity contribution < 1.29 is 9.47 Å². The molecule has 1 heterocycles. The molecule has 0 amide bonds. The van der Waals surface area contributed by atoms with Gasteiger partial charge >= 0.3 is 0 Å². The molecule has 8 nitrogen and oxygen atoms in total. The number of nitrogens with one attached hydrogen (secondary N) is 2. The summed E-state index contributed by atoms with van der Waals surface area (Å²) in [6.45, 7) is 6.33. The Morgan fingerprint density at radius 3 is 2.28 bits per heavy atom. The van der Waals surface area contributed by atoms with Crippen LogP contribution in [0, 0.1) is 13.8 Å². The summed E-state index contributed by atoms with van der Waals surface area (Å²) in [5.41, 5.74) is 2.44. The van der Waals surface area contributed by atoms with Crippen molar-refractivity contribution in [3.63, 3.8) is 0 Å². The lowest BCUT2D eigenvalue weighted by atomic mass is 10.1. The summed E-state index contributed by atoms with van der Waals surface area (Å²) in [4.78, 5) is 4.68. The van der Waals surface area contributed by atoms with Gasteiger partial charge in [-0.1, -0.05) is 29.8 Å². The number of rotatable bonds is 10. The van der Waals surface area contributed by atoms with E-state index in [-0.39, 0.29) is 0 Å². The summed E-state index contributed by atoms with van der Waals surface area (Å²) in [5, 5.41) is 15.0. The van der Waals surface area contributed by atoms with E-state index in [0.717, 1.165) is 36.1 Å². The number of methoxy groups -OCH3 is 1. The Kier molecular flexibility index (Phi) is 8.48. The number of ether oxygens (including phenoxy) is 2. The van der Waals surface area contributed by atoms with E-state index in [1.54, 1.807) is 7.11 Å². The van der Waals surface area contributed by atoms with E-state index in [4.69, 9.17) is 9.47 Å². The molecule has 3 rings (SSSR count). The van der Waals surface area contributed by atoms with Crippen molar-refractivity contribution in [3.05, 3.63) is 71.3 Å². The van der Waals surface area contributed by atoms with E-state index in [9.17, 15) is 0 Å². The molecule has 0 aliphatic carbocycles. The van der Waals surface area contributed by atoms with Crippen LogP contribution in [0.15, 0.2) is 53.5 Å². The predicted octanol–water partition coefficient (Wildman–Crippen LogP) is 2.80. The minimum absolute atomic E-state index is 0.439. The summed E-state index contributed by atoms with van der Waals surface area (Å²) >= 11 is 0. The predicted molar refractivity (Wildman–Crippen MR) is 126 cm³/mol. The molecule has 0 aliphatic heterocycles. The van der Waals surface area contributed by atoms with Gasteiger partial charge < -0.3 is 24.7 Å². The molecule has 1 aromatic heterocycles. The first kappa shape index (κ1) is 23.1. The summed E-state index contributed by atoms with van der Waals surface area (Å²) in [6, 6.07) is 16.1. The molecule has 3 aromatic rings. The van der Waals surface area contributed by atoms with Gasteiger partial charge in [-0.2, -0.15) is 0 Å². The van der Waals surface area contributed by atoms with Crippen molar-refractivity contribution in [1.29, 1.82) is 0 Å². The van der Waals surface area contributed by atoms with Gasteiger partial charge in [-0.3, -0.25) is 0 Å². The van der Waals surface area contributed by atoms with Crippen LogP contribution in [-0.4, -0.2) is 47.5 Å². The number of nitrogens with zero attached hydrogens (tertiary/aromatic N) is 4. The monoisotopic (exact) mass is 436 g/mol. The highest BCUT2D eigenvalue weighted by atomic mass is 16.5. The van der Waals surface area contributed by atoms with Crippen LogP contribution in [0.4, 0.5) is 0 Å². The summed E-state index contributed by atoms with van der Waals surface area (Å²) in [7, 11) is 3.62. The van der Waals surface area contributed by atoms with Crippen LogP contribution in [0.1, 0.15) is 22.8 Å². The first-order valence-corrected chi connectivity index (χ1v) is 10.7. The lowest BCUT2D eigenvalue weighted by Gasteiger charge is -2.13. The third-order valence-corrected chi connectivity index (χ3v) is 5.11. The minimum Gasteiger partial charge on any atom is -0.497 e. The molecule has 0 atom stereocenters. The van der Waals surface area contributed by atoms with E-state index >= 15 is 0 Å². The molecular formula is C24H32N6O2. The number of aromatic nitrogens is 3. The molecule has 0 saturated carbocycles. The molecule has 0 spiro atoms. The number of benzene rings is 2. The average molecular weight is 437 g/mol. The number of hydrogen-bond acceptors (Lipinski definition) is 5. The zero-order valence-electron chi connectivity index (χ0n) is 19.3. The number of guanidine groups is 1. The van der Waals surface area contributed by atoms with Gasteiger partial charge in [-0.05, 0) is 50.1 Å². The minimum atomic E-state index is 0.439.